The average Bonchev–Trinajstić information content (AvgIpc) is 2.43. The maximum atomic E-state index is 13.7. The molecule has 1 rings (SSSR count). The predicted octanol–water partition coefficient (Wildman–Crippen LogP) is 3.01. The summed E-state index contributed by atoms with van der Waals surface area (Å²) in [5, 5.41) is 0. The van der Waals surface area contributed by atoms with Crippen LogP contribution in [0.25, 0.3) is 0 Å². The fourth-order valence-electron chi connectivity index (χ4n) is 1.97. The van der Waals surface area contributed by atoms with Crippen LogP contribution >= 0.6 is 0 Å². The van der Waals surface area contributed by atoms with Crippen molar-refractivity contribution in [1.82, 2.24) is 4.90 Å². The number of alkyl halides is 2. The Morgan fingerprint density at radius 2 is 1.95 bits per heavy atom. The highest BCUT2D eigenvalue weighted by atomic mass is 19.3. The Hall–Kier alpha value is -0.970. The van der Waals surface area contributed by atoms with Gasteiger partial charge in [-0.3, -0.25) is 4.79 Å². The summed E-state index contributed by atoms with van der Waals surface area (Å²) < 4.78 is 32.4. The zero-order valence-electron chi connectivity index (χ0n) is 11.5. The number of hydrogen-bond donors (Lipinski definition) is 0. The Bertz CT molecular complexity index is 300. The molecular formula is C14H23F2NO2. The molecule has 0 atom stereocenters. The monoisotopic (exact) mass is 275 g/mol. The smallest absolute Gasteiger partial charge is 0.343 e. The number of carbonyl (C=O) groups is 1. The van der Waals surface area contributed by atoms with E-state index >= 15 is 0 Å². The van der Waals surface area contributed by atoms with Crippen molar-refractivity contribution < 1.29 is 18.3 Å². The van der Waals surface area contributed by atoms with Gasteiger partial charge in [-0.15, -0.1) is 0 Å². The van der Waals surface area contributed by atoms with Crippen molar-refractivity contribution in [1.29, 1.82) is 0 Å². The third-order valence-corrected chi connectivity index (χ3v) is 3.13. The summed E-state index contributed by atoms with van der Waals surface area (Å²) in [7, 11) is 0. The fourth-order valence-corrected chi connectivity index (χ4v) is 1.97. The maximum absolute atomic E-state index is 13.7. The van der Waals surface area contributed by atoms with Crippen molar-refractivity contribution >= 4 is 5.91 Å². The summed E-state index contributed by atoms with van der Waals surface area (Å²) in [6.45, 7) is 3.27. The molecule has 0 aromatic heterocycles. The van der Waals surface area contributed by atoms with Gasteiger partial charge in [0.15, 0.2) is 0 Å². The lowest BCUT2D eigenvalue weighted by Gasteiger charge is -2.29. The standard InChI is InChI=1S/C14H23F2NO2/c1-2-3-4-5-6-7-8-14(15,16)13(18)17-9-11-19-12-10-17/h7-8H,2-6,9-12H2,1H3/b8-7+. The Labute approximate surface area is 113 Å². The zero-order chi connectivity index (χ0) is 14.1. The molecule has 1 amide bonds. The number of nitrogens with zero attached hydrogens (tertiary/aromatic N) is 1. The first-order valence-corrected chi connectivity index (χ1v) is 7.00. The number of unbranched alkanes of at least 4 members (excludes halogenated alkanes) is 4. The first-order chi connectivity index (χ1) is 9.08. The molecule has 1 fully saturated rings. The molecule has 1 aliphatic rings. The zero-order valence-corrected chi connectivity index (χ0v) is 11.5. The highest BCUT2D eigenvalue weighted by Gasteiger charge is 2.39. The van der Waals surface area contributed by atoms with Crippen LogP contribution in [0.5, 0.6) is 0 Å². The van der Waals surface area contributed by atoms with E-state index in [1.807, 2.05) is 0 Å². The van der Waals surface area contributed by atoms with Gasteiger partial charge in [-0.05, 0) is 18.9 Å². The third kappa shape index (κ3) is 5.68. The number of hydrogen-bond acceptors (Lipinski definition) is 2. The van der Waals surface area contributed by atoms with Gasteiger partial charge in [-0.25, -0.2) is 0 Å². The number of rotatable bonds is 7. The second-order valence-corrected chi connectivity index (χ2v) is 4.78. The number of morpholine rings is 1. The van der Waals surface area contributed by atoms with E-state index in [2.05, 4.69) is 6.92 Å². The van der Waals surface area contributed by atoms with Crippen LogP contribution in [0.15, 0.2) is 12.2 Å². The Morgan fingerprint density at radius 3 is 2.58 bits per heavy atom. The molecular weight excluding hydrogens is 252 g/mol. The van der Waals surface area contributed by atoms with E-state index in [1.165, 1.54) is 11.0 Å². The van der Waals surface area contributed by atoms with E-state index in [4.69, 9.17) is 4.74 Å². The van der Waals surface area contributed by atoms with Gasteiger partial charge in [-0.1, -0.05) is 32.3 Å². The van der Waals surface area contributed by atoms with Crippen molar-refractivity contribution in [3.63, 3.8) is 0 Å². The van der Waals surface area contributed by atoms with Crippen LogP contribution < -0.4 is 0 Å². The number of halogens is 2. The van der Waals surface area contributed by atoms with Gasteiger partial charge in [0.1, 0.15) is 0 Å². The van der Waals surface area contributed by atoms with E-state index < -0.39 is 11.8 Å². The molecule has 0 radical (unpaired) electrons. The van der Waals surface area contributed by atoms with Crippen LogP contribution in [-0.2, 0) is 9.53 Å². The number of ether oxygens (including phenoxy) is 1. The topological polar surface area (TPSA) is 29.5 Å². The van der Waals surface area contributed by atoms with E-state index in [1.54, 1.807) is 0 Å². The molecule has 1 saturated heterocycles. The van der Waals surface area contributed by atoms with Gasteiger partial charge < -0.3 is 9.64 Å². The van der Waals surface area contributed by atoms with E-state index in [-0.39, 0.29) is 13.1 Å². The van der Waals surface area contributed by atoms with E-state index in [0.29, 0.717) is 19.6 Å². The maximum Gasteiger partial charge on any atom is 0.343 e. The molecule has 1 aliphatic heterocycles. The van der Waals surface area contributed by atoms with Crippen LogP contribution in [0.4, 0.5) is 8.78 Å². The molecule has 0 N–H and O–H groups in total. The van der Waals surface area contributed by atoms with Gasteiger partial charge in [-0.2, -0.15) is 8.78 Å². The molecule has 0 unspecified atom stereocenters. The highest BCUT2D eigenvalue weighted by molar-refractivity contribution is 5.85. The van der Waals surface area contributed by atoms with Crippen molar-refractivity contribution in [3.8, 4) is 0 Å². The summed E-state index contributed by atoms with van der Waals surface area (Å²) in [5.74, 6) is -4.50. The molecule has 0 aliphatic carbocycles. The summed E-state index contributed by atoms with van der Waals surface area (Å²) in [6, 6.07) is 0. The second kappa shape index (κ2) is 8.25. The molecule has 19 heavy (non-hydrogen) atoms. The van der Waals surface area contributed by atoms with Crippen molar-refractivity contribution in [3.05, 3.63) is 12.2 Å². The Morgan fingerprint density at radius 1 is 1.26 bits per heavy atom. The Balaban J connectivity index is 2.36. The van der Waals surface area contributed by atoms with Gasteiger partial charge in [0, 0.05) is 13.1 Å². The van der Waals surface area contributed by atoms with E-state index in [9.17, 15) is 13.6 Å². The fraction of sp³-hybridized carbons (Fsp3) is 0.786. The van der Waals surface area contributed by atoms with Crippen molar-refractivity contribution in [2.45, 2.75) is 45.0 Å². The summed E-state index contributed by atoms with van der Waals surface area (Å²) in [4.78, 5) is 12.8. The van der Waals surface area contributed by atoms with E-state index in [0.717, 1.165) is 31.8 Å². The molecule has 5 heteroatoms. The average molecular weight is 275 g/mol. The predicted molar refractivity (Wildman–Crippen MR) is 70.2 cm³/mol. The normalized spacial score (nSPS) is 17.1. The van der Waals surface area contributed by atoms with Crippen LogP contribution in [-0.4, -0.2) is 43.0 Å². The first kappa shape index (κ1) is 16.1. The number of allylic oxidation sites excluding steroid dienone is 1. The molecule has 110 valence electrons. The van der Waals surface area contributed by atoms with Gasteiger partial charge >= 0.3 is 5.92 Å². The number of amides is 1. The summed E-state index contributed by atoms with van der Waals surface area (Å²) in [6.07, 6.45) is 6.96. The molecule has 0 saturated carbocycles. The summed E-state index contributed by atoms with van der Waals surface area (Å²) >= 11 is 0. The quantitative estimate of drug-likeness (QED) is 0.528. The molecule has 1 heterocycles. The van der Waals surface area contributed by atoms with Gasteiger partial charge in [0.25, 0.3) is 5.91 Å². The minimum Gasteiger partial charge on any atom is -0.378 e. The SMILES string of the molecule is CCCCCC/C=C/C(F)(F)C(=O)N1CCOCC1. The minimum absolute atomic E-state index is 0.249. The molecule has 0 bridgehead atoms. The largest absolute Gasteiger partial charge is 0.378 e. The van der Waals surface area contributed by atoms with Crippen LogP contribution in [0.2, 0.25) is 0 Å². The molecule has 3 nitrogen and oxygen atoms in total. The lowest BCUT2D eigenvalue weighted by molar-refractivity contribution is -0.155. The molecule has 0 spiro atoms. The van der Waals surface area contributed by atoms with Crippen molar-refractivity contribution in [2.75, 3.05) is 26.3 Å². The Kier molecular flexibility index (Phi) is 6.99. The van der Waals surface area contributed by atoms with Crippen LogP contribution in [0, 0.1) is 0 Å². The lowest BCUT2D eigenvalue weighted by atomic mass is 10.1. The van der Waals surface area contributed by atoms with Crippen LogP contribution in [0.3, 0.4) is 0 Å². The highest BCUT2D eigenvalue weighted by Crippen LogP contribution is 2.20. The van der Waals surface area contributed by atoms with Gasteiger partial charge in [0.2, 0.25) is 0 Å². The number of carbonyl (C=O) groups excluding carboxylic acids is 1. The molecule has 0 aromatic rings. The minimum atomic E-state index is -3.39. The van der Waals surface area contributed by atoms with Gasteiger partial charge in [0.05, 0.1) is 13.2 Å². The van der Waals surface area contributed by atoms with Crippen molar-refractivity contribution in [2.24, 2.45) is 0 Å². The summed E-state index contributed by atoms with van der Waals surface area (Å²) in [5.41, 5.74) is 0. The molecule has 0 aromatic carbocycles. The first-order valence-electron chi connectivity index (χ1n) is 7.00. The second-order valence-electron chi connectivity index (χ2n) is 4.78. The van der Waals surface area contributed by atoms with Crippen LogP contribution in [0.1, 0.15) is 39.0 Å². The third-order valence-electron chi connectivity index (χ3n) is 3.13. The lowest BCUT2D eigenvalue weighted by Crippen LogP contribution is -2.47.